The third kappa shape index (κ3) is 2.90. The van der Waals surface area contributed by atoms with Crippen LogP contribution < -0.4 is 5.32 Å². The predicted molar refractivity (Wildman–Crippen MR) is 115 cm³/mol. The van der Waals surface area contributed by atoms with Crippen molar-refractivity contribution in [1.29, 1.82) is 5.26 Å². The fourth-order valence-electron chi connectivity index (χ4n) is 3.52. The summed E-state index contributed by atoms with van der Waals surface area (Å²) < 4.78 is 2.02. The molecule has 1 N–H and O–H groups in total. The minimum absolute atomic E-state index is 0.581. The van der Waals surface area contributed by atoms with Crippen molar-refractivity contribution in [2.75, 3.05) is 5.32 Å². The van der Waals surface area contributed by atoms with E-state index in [-0.39, 0.29) is 0 Å². The van der Waals surface area contributed by atoms with Gasteiger partial charge in [-0.15, -0.1) is 0 Å². The second kappa shape index (κ2) is 7.03. The monoisotopic (exact) mass is 386 g/mol. The number of halogens is 1. The molecule has 0 unspecified atom stereocenters. The number of anilines is 2. The first kappa shape index (κ1) is 18.1. The number of rotatable bonds is 4. The predicted octanol–water partition coefficient (Wildman–Crippen LogP) is 6.18. The van der Waals surface area contributed by atoms with Crippen LogP contribution in [0.4, 0.5) is 11.5 Å². The van der Waals surface area contributed by atoms with Crippen molar-refractivity contribution < 1.29 is 0 Å². The molecule has 2 heterocycles. The Morgan fingerprint density at radius 3 is 2.64 bits per heavy atom. The molecule has 0 saturated heterocycles. The zero-order valence-corrected chi connectivity index (χ0v) is 16.5. The molecule has 2 aromatic heterocycles. The molecule has 138 valence electrons. The van der Waals surface area contributed by atoms with Crippen LogP contribution >= 0.6 is 11.6 Å². The smallest absolute Gasteiger partial charge is 0.157 e. The van der Waals surface area contributed by atoms with Crippen molar-refractivity contribution >= 4 is 39.8 Å². The van der Waals surface area contributed by atoms with E-state index in [4.69, 9.17) is 16.6 Å². The molecule has 0 bridgehead atoms. The minimum atomic E-state index is 0.581. The van der Waals surface area contributed by atoms with Gasteiger partial charge in [0.05, 0.1) is 27.3 Å². The molecular formula is C23H19ClN4. The minimum Gasteiger partial charge on any atom is -0.340 e. The van der Waals surface area contributed by atoms with Crippen LogP contribution in [0.15, 0.2) is 60.7 Å². The van der Waals surface area contributed by atoms with Crippen LogP contribution in [-0.2, 0) is 6.42 Å². The molecule has 0 fully saturated rings. The summed E-state index contributed by atoms with van der Waals surface area (Å²) in [5.41, 5.74) is 6.73. The summed E-state index contributed by atoms with van der Waals surface area (Å²) in [6.07, 6.45) is 0.649. The van der Waals surface area contributed by atoms with Gasteiger partial charge in [-0.25, -0.2) is 4.98 Å². The van der Waals surface area contributed by atoms with E-state index >= 15 is 0 Å². The highest BCUT2D eigenvalue weighted by atomic mass is 35.5. The lowest BCUT2D eigenvalue weighted by Gasteiger charge is -2.19. The van der Waals surface area contributed by atoms with Crippen LogP contribution in [0.5, 0.6) is 0 Å². The summed E-state index contributed by atoms with van der Waals surface area (Å²) in [5.74, 6) is 0.858. The van der Waals surface area contributed by atoms with Crippen LogP contribution in [0.25, 0.3) is 16.7 Å². The highest BCUT2D eigenvalue weighted by Gasteiger charge is 2.21. The third-order valence-corrected chi connectivity index (χ3v) is 5.17. The lowest BCUT2D eigenvalue weighted by atomic mass is 9.99. The summed E-state index contributed by atoms with van der Waals surface area (Å²) in [5, 5.41) is 14.0. The van der Waals surface area contributed by atoms with Crippen molar-refractivity contribution in [2.45, 2.75) is 20.3 Å². The van der Waals surface area contributed by atoms with Crippen LogP contribution in [0.3, 0.4) is 0 Å². The third-order valence-electron chi connectivity index (χ3n) is 4.84. The van der Waals surface area contributed by atoms with Crippen molar-refractivity contribution in [3.63, 3.8) is 0 Å². The highest BCUT2D eigenvalue weighted by Crippen LogP contribution is 2.35. The van der Waals surface area contributed by atoms with E-state index in [0.29, 0.717) is 22.7 Å². The summed E-state index contributed by atoms with van der Waals surface area (Å²) >= 11 is 6.42. The fourth-order valence-corrected chi connectivity index (χ4v) is 3.71. The van der Waals surface area contributed by atoms with E-state index < -0.39 is 0 Å². The zero-order valence-electron chi connectivity index (χ0n) is 15.8. The lowest BCUT2D eigenvalue weighted by Crippen LogP contribution is -2.09. The van der Waals surface area contributed by atoms with Crippen molar-refractivity contribution in [3.05, 3.63) is 82.4 Å². The Morgan fingerprint density at radius 1 is 1.21 bits per heavy atom. The van der Waals surface area contributed by atoms with E-state index in [1.165, 1.54) is 0 Å². The summed E-state index contributed by atoms with van der Waals surface area (Å²) in [4.78, 5) is 4.74. The SMILES string of the molecule is C=C(C)Cc1c(C)c(C#N)c2nc3ccccc3n2c1Nc1ccccc1Cl. The molecule has 0 spiro atoms. The van der Waals surface area contributed by atoms with Gasteiger partial charge < -0.3 is 5.32 Å². The molecule has 5 heteroatoms. The van der Waals surface area contributed by atoms with Gasteiger partial charge in [-0.2, -0.15) is 5.26 Å². The second-order valence-corrected chi connectivity index (χ2v) is 7.34. The van der Waals surface area contributed by atoms with Crippen molar-refractivity contribution in [1.82, 2.24) is 9.38 Å². The van der Waals surface area contributed by atoms with Gasteiger partial charge in [0.25, 0.3) is 0 Å². The average molecular weight is 387 g/mol. The number of nitrogens with zero attached hydrogens (tertiary/aromatic N) is 3. The summed E-state index contributed by atoms with van der Waals surface area (Å²) in [6.45, 7) is 8.03. The Kier molecular flexibility index (Phi) is 4.54. The Balaban J connectivity index is 2.14. The van der Waals surface area contributed by atoms with Gasteiger partial charge in [0, 0.05) is 5.56 Å². The number of imidazole rings is 1. The van der Waals surface area contributed by atoms with Gasteiger partial charge in [0.15, 0.2) is 5.65 Å². The molecule has 0 aliphatic carbocycles. The maximum Gasteiger partial charge on any atom is 0.157 e. The van der Waals surface area contributed by atoms with E-state index in [9.17, 15) is 5.26 Å². The van der Waals surface area contributed by atoms with Crippen molar-refractivity contribution in [3.8, 4) is 6.07 Å². The van der Waals surface area contributed by atoms with E-state index in [1.807, 2.05) is 66.8 Å². The number of fused-ring (bicyclic) bond motifs is 3. The molecule has 4 aromatic rings. The Bertz CT molecular complexity index is 1280. The first-order valence-electron chi connectivity index (χ1n) is 9.00. The number of pyridine rings is 1. The van der Waals surface area contributed by atoms with Gasteiger partial charge in [-0.1, -0.05) is 48.0 Å². The number of aromatic nitrogens is 2. The topological polar surface area (TPSA) is 53.1 Å². The molecule has 0 saturated carbocycles. The summed E-state index contributed by atoms with van der Waals surface area (Å²) in [6, 6.07) is 17.9. The zero-order chi connectivity index (χ0) is 19.8. The van der Waals surface area contributed by atoms with Gasteiger partial charge in [-0.3, -0.25) is 4.40 Å². The summed E-state index contributed by atoms with van der Waals surface area (Å²) in [7, 11) is 0. The van der Waals surface area contributed by atoms with Crippen LogP contribution in [0.1, 0.15) is 23.6 Å². The van der Waals surface area contributed by atoms with E-state index in [1.54, 1.807) is 0 Å². The van der Waals surface area contributed by atoms with Crippen LogP contribution in [-0.4, -0.2) is 9.38 Å². The van der Waals surface area contributed by atoms with Gasteiger partial charge in [0.1, 0.15) is 11.9 Å². The van der Waals surface area contributed by atoms with Crippen molar-refractivity contribution in [2.24, 2.45) is 0 Å². The Hall–Kier alpha value is -3.29. The molecule has 0 radical (unpaired) electrons. The molecule has 4 nitrogen and oxygen atoms in total. The average Bonchev–Trinajstić information content (AvgIpc) is 3.05. The number of hydrogen-bond donors (Lipinski definition) is 1. The maximum atomic E-state index is 9.86. The van der Waals surface area contributed by atoms with E-state index in [2.05, 4.69) is 18.0 Å². The fraction of sp³-hybridized carbons (Fsp3) is 0.130. The lowest BCUT2D eigenvalue weighted by molar-refractivity contribution is 1.07. The molecular weight excluding hydrogens is 368 g/mol. The highest BCUT2D eigenvalue weighted by molar-refractivity contribution is 6.33. The van der Waals surface area contributed by atoms with Crippen LogP contribution in [0, 0.1) is 18.3 Å². The Labute approximate surface area is 168 Å². The molecule has 0 aliphatic rings. The molecule has 0 atom stereocenters. The Morgan fingerprint density at radius 2 is 1.93 bits per heavy atom. The number of para-hydroxylation sites is 3. The second-order valence-electron chi connectivity index (χ2n) is 6.94. The molecule has 0 aliphatic heterocycles. The maximum absolute atomic E-state index is 9.86. The molecule has 0 amide bonds. The number of hydrogen-bond acceptors (Lipinski definition) is 3. The van der Waals surface area contributed by atoms with Gasteiger partial charge >= 0.3 is 0 Å². The standard InChI is InChI=1S/C23H19ClN4/c1-14(2)12-16-15(3)17(13-25)23-27-20-10-6-7-11-21(20)28(23)22(16)26-19-9-5-4-8-18(19)24/h4-11,26H,1,12H2,2-3H3. The first-order chi connectivity index (χ1) is 13.5. The number of benzene rings is 2. The first-order valence-corrected chi connectivity index (χ1v) is 9.37. The molecule has 4 rings (SSSR count). The van der Waals surface area contributed by atoms with Crippen LogP contribution in [0.2, 0.25) is 5.02 Å². The number of nitriles is 1. The van der Waals surface area contributed by atoms with Gasteiger partial charge in [0.2, 0.25) is 0 Å². The quantitative estimate of drug-likeness (QED) is 0.426. The number of nitrogens with one attached hydrogen (secondary N) is 1. The number of allylic oxidation sites excluding steroid dienone is 1. The molecule has 2 aromatic carbocycles. The largest absolute Gasteiger partial charge is 0.340 e. The normalized spacial score (nSPS) is 10.9. The van der Waals surface area contributed by atoms with E-state index in [0.717, 1.165) is 39.2 Å². The van der Waals surface area contributed by atoms with Gasteiger partial charge in [-0.05, 0) is 50.1 Å². The molecule has 28 heavy (non-hydrogen) atoms.